The normalized spacial score (nSPS) is 16.6. The van der Waals surface area contributed by atoms with E-state index >= 15 is 0 Å². The monoisotopic (exact) mass is 437 g/mol. The van der Waals surface area contributed by atoms with Crippen LogP contribution in [0.25, 0.3) is 0 Å². The highest BCUT2D eigenvalue weighted by Gasteiger charge is 2.37. The predicted octanol–water partition coefficient (Wildman–Crippen LogP) is 3.67. The molecule has 1 unspecified atom stereocenters. The Kier molecular flexibility index (Phi) is 7.25. The Labute approximate surface area is 179 Å². The van der Waals surface area contributed by atoms with E-state index in [1.807, 2.05) is 13.0 Å². The van der Waals surface area contributed by atoms with Gasteiger partial charge in [-0.1, -0.05) is 19.1 Å². The van der Waals surface area contributed by atoms with Crippen LogP contribution in [-0.4, -0.2) is 36.7 Å². The molecule has 1 atom stereocenters. The molecule has 0 bridgehead atoms. The molecule has 0 fully saturated rings. The van der Waals surface area contributed by atoms with Crippen molar-refractivity contribution >= 4 is 11.7 Å². The molecule has 0 aliphatic carbocycles. The van der Waals surface area contributed by atoms with Crippen LogP contribution in [0.15, 0.2) is 42.6 Å². The van der Waals surface area contributed by atoms with E-state index in [-0.39, 0.29) is 6.54 Å². The minimum absolute atomic E-state index is 0.0829. The standard InChI is InChI=1S/C22H26F3N3O3/c1-2-16-12-17-7-8-19(13-18(17)14-27(21(16)29)15-22(23,24)25)31-11-5-9-26-20-6-3-4-10-28(20)30/h3-4,6-8,10,13,16,26H,2,5,9,11-12,14-15H2,1H3. The van der Waals surface area contributed by atoms with Gasteiger partial charge >= 0.3 is 6.18 Å². The van der Waals surface area contributed by atoms with Crippen molar-refractivity contribution in [3.8, 4) is 5.75 Å². The Balaban J connectivity index is 1.60. The molecule has 1 aliphatic rings. The van der Waals surface area contributed by atoms with E-state index in [0.717, 1.165) is 15.2 Å². The van der Waals surface area contributed by atoms with Crippen LogP contribution >= 0.6 is 0 Å². The van der Waals surface area contributed by atoms with E-state index in [1.54, 1.807) is 30.3 Å². The Morgan fingerprint density at radius 1 is 1.26 bits per heavy atom. The number of halogens is 3. The van der Waals surface area contributed by atoms with Gasteiger partial charge in [0.05, 0.1) is 19.3 Å². The van der Waals surface area contributed by atoms with Gasteiger partial charge in [0.1, 0.15) is 12.3 Å². The molecule has 0 saturated heterocycles. The predicted molar refractivity (Wildman–Crippen MR) is 109 cm³/mol. The number of nitrogens with one attached hydrogen (secondary N) is 1. The Morgan fingerprint density at radius 2 is 2.06 bits per heavy atom. The molecule has 1 amide bonds. The number of carbonyl (C=O) groups excluding carboxylic acids is 1. The highest BCUT2D eigenvalue weighted by molar-refractivity contribution is 5.80. The van der Waals surface area contributed by atoms with Gasteiger partial charge in [0.2, 0.25) is 5.91 Å². The van der Waals surface area contributed by atoms with Gasteiger partial charge in [-0.05, 0) is 42.2 Å². The third-order valence-corrected chi connectivity index (χ3v) is 5.25. The lowest BCUT2D eigenvalue weighted by Crippen LogP contribution is -2.40. The van der Waals surface area contributed by atoms with Crippen molar-refractivity contribution in [3.63, 3.8) is 0 Å². The van der Waals surface area contributed by atoms with Gasteiger partial charge in [0, 0.05) is 24.9 Å². The molecule has 2 heterocycles. The lowest BCUT2D eigenvalue weighted by molar-refractivity contribution is -0.590. The van der Waals surface area contributed by atoms with Crippen LogP contribution in [-0.2, 0) is 17.8 Å². The average molecular weight is 437 g/mol. The largest absolute Gasteiger partial charge is 0.711 e. The molecule has 6 nitrogen and oxygen atoms in total. The van der Waals surface area contributed by atoms with Crippen LogP contribution < -0.4 is 14.8 Å². The van der Waals surface area contributed by atoms with Crippen molar-refractivity contribution in [2.24, 2.45) is 5.92 Å². The summed E-state index contributed by atoms with van der Waals surface area (Å²) in [6.07, 6.45) is -1.49. The van der Waals surface area contributed by atoms with Crippen LogP contribution in [0.4, 0.5) is 19.0 Å². The Hall–Kier alpha value is -2.97. The number of hydrogen-bond acceptors (Lipinski definition) is 4. The first-order valence-electron chi connectivity index (χ1n) is 10.3. The number of nitrogens with zero attached hydrogens (tertiary/aromatic N) is 2. The van der Waals surface area contributed by atoms with E-state index in [9.17, 15) is 23.2 Å². The van der Waals surface area contributed by atoms with Crippen molar-refractivity contribution in [2.75, 3.05) is 25.0 Å². The summed E-state index contributed by atoms with van der Waals surface area (Å²) in [5, 5.41) is 14.6. The second-order valence-corrected chi connectivity index (χ2v) is 7.59. The van der Waals surface area contributed by atoms with Gasteiger partial charge < -0.3 is 14.8 Å². The number of alkyl halides is 3. The van der Waals surface area contributed by atoms with E-state index in [0.29, 0.717) is 49.5 Å². The second-order valence-electron chi connectivity index (χ2n) is 7.59. The summed E-state index contributed by atoms with van der Waals surface area (Å²) in [6, 6.07) is 10.4. The highest BCUT2D eigenvalue weighted by Crippen LogP contribution is 2.30. The average Bonchev–Trinajstić information content (AvgIpc) is 2.84. The maximum Gasteiger partial charge on any atom is 0.406 e. The molecule has 0 saturated carbocycles. The zero-order chi connectivity index (χ0) is 22.4. The third-order valence-electron chi connectivity index (χ3n) is 5.25. The lowest BCUT2D eigenvalue weighted by Gasteiger charge is -2.25. The van der Waals surface area contributed by atoms with Crippen molar-refractivity contribution in [3.05, 3.63) is 58.9 Å². The second kappa shape index (κ2) is 9.89. The molecule has 168 valence electrons. The molecule has 31 heavy (non-hydrogen) atoms. The van der Waals surface area contributed by atoms with E-state index in [4.69, 9.17) is 4.74 Å². The molecular formula is C22H26F3N3O3. The van der Waals surface area contributed by atoms with E-state index in [1.165, 1.54) is 6.20 Å². The van der Waals surface area contributed by atoms with Crippen molar-refractivity contribution in [1.82, 2.24) is 4.90 Å². The zero-order valence-corrected chi connectivity index (χ0v) is 17.3. The number of fused-ring (bicyclic) bond motifs is 1. The summed E-state index contributed by atoms with van der Waals surface area (Å²) >= 11 is 0. The summed E-state index contributed by atoms with van der Waals surface area (Å²) in [6.45, 7) is 1.39. The Morgan fingerprint density at radius 3 is 2.77 bits per heavy atom. The number of hydrogen-bond donors (Lipinski definition) is 1. The van der Waals surface area contributed by atoms with Crippen LogP contribution in [0, 0.1) is 11.1 Å². The number of benzene rings is 1. The number of anilines is 1. The first kappa shape index (κ1) is 22.7. The number of pyridine rings is 1. The molecule has 1 aromatic heterocycles. The molecule has 9 heteroatoms. The minimum Gasteiger partial charge on any atom is -0.711 e. The van der Waals surface area contributed by atoms with Crippen LogP contribution in [0.1, 0.15) is 30.9 Å². The number of aromatic nitrogens is 1. The first-order chi connectivity index (χ1) is 14.8. The van der Waals surface area contributed by atoms with Gasteiger partial charge in [-0.3, -0.25) is 10.1 Å². The molecule has 3 rings (SSSR count). The number of amides is 1. The van der Waals surface area contributed by atoms with Crippen molar-refractivity contribution < 1.29 is 27.4 Å². The minimum atomic E-state index is -4.44. The van der Waals surface area contributed by atoms with E-state index in [2.05, 4.69) is 5.32 Å². The number of ether oxygens (including phenoxy) is 1. The SMILES string of the molecule is CCC1Cc2ccc(OCCCNc3cccc[n+]3[O-])cc2CN(CC(F)(F)F)C1=O. The zero-order valence-electron chi connectivity index (χ0n) is 17.3. The lowest BCUT2D eigenvalue weighted by atomic mass is 9.95. The van der Waals surface area contributed by atoms with Crippen molar-refractivity contribution in [1.29, 1.82) is 0 Å². The van der Waals surface area contributed by atoms with Gasteiger partial charge in [0.15, 0.2) is 0 Å². The molecule has 1 aliphatic heterocycles. The highest BCUT2D eigenvalue weighted by atomic mass is 19.4. The molecule has 1 aromatic carbocycles. The third kappa shape index (κ3) is 6.26. The van der Waals surface area contributed by atoms with E-state index < -0.39 is 24.5 Å². The summed E-state index contributed by atoms with van der Waals surface area (Å²) in [7, 11) is 0. The maximum absolute atomic E-state index is 13.0. The van der Waals surface area contributed by atoms with Gasteiger partial charge in [-0.25, -0.2) is 4.73 Å². The smallest absolute Gasteiger partial charge is 0.406 e. The molecule has 2 aromatic rings. The fourth-order valence-electron chi connectivity index (χ4n) is 3.65. The fourth-order valence-corrected chi connectivity index (χ4v) is 3.65. The van der Waals surface area contributed by atoms with Gasteiger partial charge in [0.25, 0.3) is 5.82 Å². The topological polar surface area (TPSA) is 68.5 Å². The van der Waals surface area contributed by atoms with Crippen LogP contribution in [0.5, 0.6) is 5.75 Å². The summed E-state index contributed by atoms with van der Waals surface area (Å²) in [4.78, 5) is 13.5. The number of carbonyl (C=O) groups is 1. The summed E-state index contributed by atoms with van der Waals surface area (Å²) in [5.74, 6) is 0.0865. The molecule has 0 radical (unpaired) electrons. The maximum atomic E-state index is 13.0. The summed E-state index contributed by atoms with van der Waals surface area (Å²) in [5.41, 5.74) is 1.56. The molecule has 1 N–H and O–H groups in total. The van der Waals surface area contributed by atoms with Gasteiger partial charge in [-0.2, -0.15) is 13.2 Å². The van der Waals surface area contributed by atoms with Crippen LogP contribution in [0.3, 0.4) is 0 Å². The Bertz CT molecular complexity index is 905. The fraction of sp³-hybridized carbons (Fsp3) is 0.455. The van der Waals surface area contributed by atoms with Crippen molar-refractivity contribution in [2.45, 2.75) is 38.9 Å². The first-order valence-corrected chi connectivity index (χ1v) is 10.3. The quantitative estimate of drug-likeness (QED) is 0.389. The summed E-state index contributed by atoms with van der Waals surface area (Å²) < 4.78 is 45.4. The van der Waals surface area contributed by atoms with Crippen LogP contribution in [0.2, 0.25) is 0 Å². The molecular weight excluding hydrogens is 411 g/mol. The number of rotatable bonds is 8. The van der Waals surface area contributed by atoms with Gasteiger partial charge in [-0.15, -0.1) is 0 Å². The molecule has 0 spiro atoms.